The Hall–Kier alpha value is -2.54. The van der Waals surface area contributed by atoms with E-state index in [2.05, 4.69) is 5.16 Å². The SMILES string of the molecule is COc1ccc(OC)c(-c2cc(C(=O)N3C[C@H](C)O[C@@H](C)C3)no2)c1. The summed E-state index contributed by atoms with van der Waals surface area (Å²) in [6.45, 7) is 4.97. The number of ether oxygens (including phenoxy) is 3. The van der Waals surface area contributed by atoms with E-state index in [9.17, 15) is 4.79 Å². The minimum Gasteiger partial charge on any atom is -0.497 e. The number of benzene rings is 1. The zero-order valence-electron chi connectivity index (χ0n) is 14.8. The molecule has 0 bridgehead atoms. The first-order valence-electron chi connectivity index (χ1n) is 8.15. The number of hydrogen-bond acceptors (Lipinski definition) is 6. The van der Waals surface area contributed by atoms with Crippen molar-refractivity contribution in [2.75, 3.05) is 27.3 Å². The van der Waals surface area contributed by atoms with E-state index in [4.69, 9.17) is 18.7 Å². The van der Waals surface area contributed by atoms with Crippen LogP contribution in [0.15, 0.2) is 28.8 Å². The molecule has 1 saturated heterocycles. The second-order valence-corrected chi connectivity index (χ2v) is 6.11. The number of carbonyl (C=O) groups is 1. The van der Waals surface area contributed by atoms with Crippen molar-refractivity contribution in [2.45, 2.75) is 26.1 Å². The summed E-state index contributed by atoms with van der Waals surface area (Å²) >= 11 is 0. The minimum absolute atomic E-state index is 0.00227. The van der Waals surface area contributed by atoms with Crippen LogP contribution in [-0.4, -0.2) is 55.5 Å². The molecule has 7 heteroatoms. The minimum atomic E-state index is -0.168. The molecule has 1 aliphatic rings. The zero-order valence-corrected chi connectivity index (χ0v) is 14.8. The van der Waals surface area contributed by atoms with Crippen LogP contribution >= 0.6 is 0 Å². The van der Waals surface area contributed by atoms with Crippen LogP contribution in [0.3, 0.4) is 0 Å². The van der Waals surface area contributed by atoms with Crippen LogP contribution in [0.1, 0.15) is 24.3 Å². The van der Waals surface area contributed by atoms with Crippen LogP contribution in [0.5, 0.6) is 11.5 Å². The largest absolute Gasteiger partial charge is 0.497 e. The van der Waals surface area contributed by atoms with Crippen LogP contribution in [0.4, 0.5) is 0 Å². The molecule has 2 heterocycles. The molecule has 0 radical (unpaired) electrons. The average Bonchev–Trinajstić information content (AvgIpc) is 3.09. The average molecular weight is 346 g/mol. The molecular formula is C18H22N2O5. The Kier molecular flexibility index (Phi) is 4.94. The van der Waals surface area contributed by atoms with Gasteiger partial charge in [-0.15, -0.1) is 0 Å². The molecule has 2 aromatic rings. The van der Waals surface area contributed by atoms with Crippen molar-refractivity contribution in [1.82, 2.24) is 10.1 Å². The molecule has 1 aromatic heterocycles. The topological polar surface area (TPSA) is 74.0 Å². The maximum Gasteiger partial charge on any atom is 0.276 e. The third-order valence-electron chi connectivity index (χ3n) is 4.11. The normalized spacial score (nSPS) is 20.4. The fraction of sp³-hybridized carbons (Fsp3) is 0.444. The highest BCUT2D eigenvalue weighted by molar-refractivity contribution is 5.93. The van der Waals surface area contributed by atoms with Crippen molar-refractivity contribution in [3.63, 3.8) is 0 Å². The number of hydrogen-bond donors (Lipinski definition) is 0. The summed E-state index contributed by atoms with van der Waals surface area (Å²) in [5.41, 5.74) is 0.943. The molecule has 0 aliphatic carbocycles. The molecule has 0 unspecified atom stereocenters. The molecule has 0 N–H and O–H groups in total. The summed E-state index contributed by atoms with van der Waals surface area (Å²) in [7, 11) is 3.16. The molecule has 0 saturated carbocycles. The number of aromatic nitrogens is 1. The standard InChI is InChI=1S/C18H22N2O5/c1-11-9-20(10-12(2)24-11)18(21)15-8-17(25-19-15)14-7-13(22-3)5-6-16(14)23-4/h5-8,11-12H,9-10H2,1-4H3/t11-,12-/m0/s1. The number of methoxy groups -OCH3 is 2. The number of carbonyl (C=O) groups excluding carboxylic acids is 1. The van der Waals surface area contributed by atoms with Gasteiger partial charge >= 0.3 is 0 Å². The van der Waals surface area contributed by atoms with Crippen LogP contribution in [0.2, 0.25) is 0 Å². The van der Waals surface area contributed by atoms with Crippen molar-refractivity contribution in [3.05, 3.63) is 30.0 Å². The molecule has 3 rings (SSSR count). The van der Waals surface area contributed by atoms with E-state index < -0.39 is 0 Å². The molecule has 1 aromatic carbocycles. The van der Waals surface area contributed by atoms with Crippen molar-refractivity contribution in [3.8, 4) is 22.8 Å². The maximum atomic E-state index is 12.7. The van der Waals surface area contributed by atoms with Crippen molar-refractivity contribution in [1.29, 1.82) is 0 Å². The van der Waals surface area contributed by atoms with Gasteiger partial charge in [-0.05, 0) is 32.0 Å². The highest BCUT2D eigenvalue weighted by Crippen LogP contribution is 2.34. The second kappa shape index (κ2) is 7.14. The van der Waals surface area contributed by atoms with Crippen molar-refractivity contribution >= 4 is 5.91 Å². The molecule has 134 valence electrons. The Morgan fingerprint density at radius 2 is 1.88 bits per heavy atom. The molecule has 1 amide bonds. The Balaban J connectivity index is 1.86. The molecular weight excluding hydrogens is 324 g/mol. The summed E-state index contributed by atoms with van der Waals surface area (Å²) in [4.78, 5) is 14.4. The van der Waals surface area contributed by atoms with Gasteiger partial charge in [0.05, 0.1) is 32.0 Å². The van der Waals surface area contributed by atoms with E-state index in [0.717, 1.165) is 0 Å². The molecule has 7 nitrogen and oxygen atoms in total. The lowest BCUT2D eigenvalue weighted by atomic mass is 10.1. The van der Waals surface area contributed by atoms with E-state index >= 15 is 0 Å². The van der Waals surface area contributed by atoms with Crippen molar-refractivity contribution < 1.29 is 23.5 Å². The Morgan fingerprint density at radius 3 is 2.52 bits per heavy atom. The first kappa shape index (κ1) is 17.3. The molecule has 0 spiro atoms. The predicted molar refractivity (Wildman–Crippen MR) is 91.0 cm³/mol. The van der Waals surface area contributed by atoms with Crippen LogP contribution in [-0.2, 0) is 4.74 Å². The second-order valence-electron chi connectivity index (χ2n) is 6.11. The maximum absolute atomic E-state index is 12.7. The summed E-state index contributed by atoms with van der Waals surface area (Å²) in [6, 6.07) is 6.99. The van der Waals surface area contributed by atoms with E-state index in [1.165, 1.54) is 0 Å². The third-order valence-corrected chi connectivity index (χ3v) is 4.11. The highest BCUT2D eigenvalue weighted by atomic mass is 16.5. The van der Waals surface area contributed by atoms with E-state index in [0.29, 0.717) is 35.9 Å². The quantitative estimate of drug-likeness (QED) is 0.847. The van der Waals surface area contributed by atoms with Gasteiger partial charge in [0.1, 0.15) is 11.5 Å². The van der Waals surface area contributed by atoms with Gasteiger partial charge in [0.25, 0.3) is 5.91 Å². The van der Waals surface area contributed by atoms with E-state index in [1.807, 2.05) is 13.8 Å². The molecule has 25 heavy (non-hydrogen) atoms. The van der Waals surface area contributed by atoms with Gasteiger partial charge in [-0.25, -0.2) is 0 Å². The predicted octanol–water partition coefficient (Wildman–Crippen LogP) is 2.61. The lowest BCUT2D eigenvalue weighted by molar-refractivity contribution is -0.0588. The number of amides is 1. The van der Waals surface area contributed by atoms with Gasteiger partial charge < -0.3 is 23.6 Å². The van der Waals surface area contributed by atoms with Crippen LogP contribution < -0.4 is 9.47 Å². The number of morpholine rings is 1. The summed E-state index contributed by atoms with van der Waals surface area (Å²) < 4.78 is 21.7. The van der Waals surface area contributed by atoms with Gasteiger partial charge in [-0.3, -0.25) is 4.79 Å². The first-order valence-corrected chi connectivity index (χ1v) is 8.15. The van der Waals surface area contributed by atoms with Gasteiger partial charge in [-0.1, -0.05) is 5.16 Å². The summed E-state index contributed by atoms with van der Waals surface area (Å²) in [5.74, 6) is 1.56. The lowest BCUT2D eigenvalue weighted by Gasteiger charge is -2.34. The van der Waals surface area contributed by atoms with Crippen LogP contribution in [0, 0.1) is 0 Å². The Labute approximate surface area is 146 Å². The van der Waals surface area contributed by atoms with Crippen molar-refractivity contribution in [2.24, 2.45) is 0 Å². The van der Waals surface area contributed by atoms with Crippen LogP contribution in [0.25, 0.3) is 11.3 Å². The first-order chi connectivity index (χ1) is 12.0. The molecule has 1 fully saturated rings. The van der Waals surface area contributed by atoms with Gasteiger partial charge in [0, 0.05) is 19.2 Å². The fourth-order valence-electron chi connectivity index (χ4n) is 3.02. The van der Waals surface area contributed by atoms with Gasteiger partial charge in [0.15, 0.2) is 11.5 Å². The smallest absolute Gasteiger partial charge is 0.276 e. The zero-order chi connectivity index (χ0) is 18.0. The highest BCUT2D eigenvalue weighted by Gasteiger charge is 2.28. The summed E-state index contributed by atoms with van der Waals surface area (Å²) in [6.07, 6.45) is -0.00454. The van der Waals surface area contributed by atoms with E-state index in [1.54, 1.807) is 43.4 Å². The molecule has 1 aliphatic heterocycles. The third kappa shape index (κ3) is 3.61. The number of rotatable bonds is 4. The van der Waals surface area contributed by atoms with E-state index in [-0.39, 0.29) is 23.8 Å². The number of nitrogens with zero attached hydrogens (tertiary/aromatic N) is 2. The fourth-order valence-corrected chi connectivity index (χ4v) is 3.02. The van der Waals surface area contributed by atoms with Gasteiger partial charge in [-0.2, -0.15) is 0 Å². The monoisotopic (exact) mass is 346 g/mol. The summed E-state index contributed by atoms with van der Waals surface area (Å²) in [5, 5.41) is 3.95. The Morgan fingerprint density at radius 1 is 1.16 bits per heavy atom. The lowest BCUT2D eigenvalue weighted by Crippen LogP contribution is -2.48. The Bertz CT molecular complexity index is 748. The molecule has 2 atom stereocenters. The van der Waals surface area contributed by atoms with Gasteiger partial charge in [0.2, 0.25) is 0 Å².